The zero-order valence-electron chi connectivity index (χ0n) is 9.72. The molecule has 84 valence electrons. The van der Waals surface area contributed by atoms with E-state index in [2.05, 4.69) is 30.1 Å². The van der Waals surface area contributed by atoms with Crippen LogP contribution in [0, 0.1) is 6.92 Å². The minimum atomic E-state index is 0.207. The molecule has 2 N–H and O–H groups in total. The van der Waals surface area contributed by atoms with Gasteiger partial charge in [-0.1, -0.05) is 12.1 Å². The molecule has 0 saturated heterocycles. The molecule has 1 heterocycles. The maximum atomic E-state index is 5.79. The van der Waals surface area contributed by atoms with Crippen LogP contribution in [0.25, 0.3) is 5.69 Å². The maximum Gasteiger partial charge on any atom is 0.0991 e. The van der Waals surface area contributed by atoms with Gasteiger partial charge in [-0.15, -0.1) is 0 Å². The molecule has 16 heavy (non-hydrogen) atoms. The second-order valence-corrected chi connectivity index (χ2v) is 4.27. The summed E-state index contributed by atoms with van der Waals surface area (Å²) in [6.45, 7) is 4.14. The molecule has 2 aromatic rings. The van der Waals surface area contributed by atoms with Gasteiger partial charge in [-0.05, 0) is 37.5 Å². The fraction of sp³-hybridized carbons (Fsp3) is 0.308. The van der Waals surface area contributed by atoms with Crippen molar-refractivity contribution < 1.29 is 0 Å². The second kappa shape index (κ2) is 4.49. The first kappa shape index (κ1) is 10.9. The summed E-state index contributed by atoms with van der Waals surface area (Å²) in [6.07, 6.45) is 6.47. The third-order valence-corrected chi connectivity index (χ3v) is 2.60. The van der Waals surface area contributed by atoms with E-state index in [4.69, 9.17) is 5.73 Å². The first-order valence-corrected chi connectivity index (χ1v) is 5.50. The van der Waals surface area contributed by atoms with Gasteiger partial charge >= 0.3 is 0 Å². The highest BCUT2D eigenvalue weighted by atomic mass is 15.0. The van der Waals surface area contributed by atoms with Gasteiger partial charge in [-0.2, -0.15) is 0 Å². The van der Waals surface area contributed by atoms with Gasteiger partial charge in [0.1, 0.15) is 0 Å². The van der Waals surface area contributed by atoms with Crippen LogP contribution < -0.4 is 5.73 Å². The standard InChI is InChI=1S/C13H17N3/c1-10-7-12(8-11(2)14)3-4-13(10)16-6-5-15-9-16/h3-7,9,11H,8,14H2,1-2H3. The molecule has 0 aliphatic carbocycles. The van der Waals surface area contributed by atoms with E-state index >= 15 is 0 Å². The average Bonchev–Trinajstić information content (AvgIpc) is 2.69. The van der Waals surface area contributed by atoms with Gasteiger partial charge in [-0.3, -0.25) is 0 Å². The van der Waals surface area contributed by atoms with Crippen molar-refractivity contribution in [3.05, 3.63) is 48.0 Å². The normalized spacial score (nSPS) is 12.7. The summed E-state index contributed by atoms with van der Waals surface area (Å²) in [6, 6.07) is 6.65. The van der Waals surface area contributed by atoms with Crippen molar-refractivity contribution in [3.63, 3.8) is 0 Å². The topological polar surface area (TPSA) is 43.8 Å². The first-order valence-electron chi connectivity index (χ1n) is 5.50. The van der Waals surface area contributed by atoms with Gasteiger partial charge in [0.25, 0.3) is 0 Å². The van der Waals surface area contributed by atoms with Gasteiger partial charge in [0.2, 0.25) is 0 Å². The highest BCUT2D eigenvalue weighted by molar-refractivity contribution is 5.42. The van der Waals surface area contributed by atoms with Crippen LogP contribution in [0.1, 0.15) is 18.1 Å². The molecule has 1 aromatic heterocycles. The third kappa shape index (κ3) is 2.31. The highest BCUT2D eigenvalue weighted by Gasteiger charge is 2.03. The predicted octanol–water partition coefficient (Wildman–Crippen LogP) is 2.07. The Labute approximate surface area is 95.9 Å². The molecular formula is C13H17N3. The lowest BCUT2D eigenvalue weighted by Gasteiger charge is -2.10. The summed E-state index contributed by atoms with van der Waals surface area (Å²) < 4.78 is 2.02. The average molecular weight is 215 g/mol. The summed E-state index contributed by atoms with van der Waals surface area (Å²) in [5, 5.41) is 0. The number of hydrogen-bond acceptors (Lipinski definition) is 2. The van der Waals surface area contributed by atoms with E-state index in [9.17, 15) is 0 Å². The van der Waals surface area contributed by atoms with Crippen molar-refractivity contribution in [1.82, 2.24) is 9.55 Å². The Morgan fingerprint density at radius 2 is 2.25 bits per heavy atom. The molecule has 0 amide bonds. The van der Waals surface area contributed by atoms with Crippen LogP contribution in [0.4, 0.5) is 0 Å². The molecule has 0 saturated carbocycles. The zero-order chi connectivity index (χ0) is 11.5. The highest BCUT2D eigenvalue weighted by Crippen LogP contribution is 2.16. The van der Waals surface area contributed by atoms with E-state index in [1.807, 2.05) is 24.0 Å². The fourth-order valence-electron chi connectivity index (χ4n) is 1.91. The van der Waals surface area contributed by atoms with Crippen molar-refractivity contribution in [2.75, 3.05) is 0 Å². The molecule has 0 aliphatic rings. The molecule has 3 nitrogen and oxygen atoms in total. The smallest absolute Gasteiger partial charge is 0.0991 e. The van der Waals surface area contributed by atoms with Gasteiger partial charge in [0.05, 0.1) is 6.33 Å². The van der Waals surface area contributed by atoms with E-state index in [1.165, 1.54) is 16.8 Å². The molecule has 0 fully saturated rings. The van der Waals surface area contributed by atoms with Crippen LogP contribution in [0.2, 0.25) is 0 Å². The number of imidazole rings is 1. The Bertz CT molecular complexity index is 458. The number of aromatic nitrogens is 2. The summed E-state index contributed by atoms with van der Waals surface area (Å²) in [5.74, 6) is 0. The van der Waals surface area contributed by atoms with E-state index in [0.717, 1.165) is 6.42 Å². The summed E-state index contributed by atoms with van der Waals surface area (Å²) in [7, 11) is 0. The largest absolute Gasteiger partial charge is 0.328 e. The number of benzene rings is 1. The molecule has 1 unspecified atom stereocenters. The Hall–Kier alpha value is -1.61. The van der Waals surface area contributed by atoms with E-state index < -0.39 is 0 Å². The van der Waals surface area contributed by atoms with E-state index in [-0.39, 0.29) is 6.04 Å². The van der Waals surface area contributed by atoms with Crippen LogP contribution in [-0.4, -0.2) is 15.6 Å². The summed E-state index contributed by atoms with van der Waals surface area (Å²) in [4.78, 5) is 4.05. The van der Waals surface area contributed by atoms with Crippen molar-refractivity contribution in [3.8, 4) is 5.69 Å². The molecule has 0 aliphatic heterocycles. The van der Waals surface area contributed by atoms with E-state index in [1.54, 1.807) is 6.20 Å². The minimum absolute atomic E-state index is 0.207. The third-order valence-electron chi connectivity index (χ3n) is 2.60. The van der Waals surface area contributed by atoms with Gasteiger partial charge in [-0.25, -0.2) is 4.98 Å². The number of nitrogens with two attached hydrogens (primary N) is 1. The van der Waals surface area contributed by atoms with Crippen molar-refractivity contribution in [2.24, 2.45) is 5.73 Å². The Morgan fingerprint density at radius 3 is 2.81 bits per heavy atom. The lowest BCUT2D eigenvalue weighted by molar-refractivity contribution is 0.737. The predicted molar refractivity (Wildman–Crippen MR) is 65.7 cm³/mol. The lowest BCUT2D eigenvalue weighted by Crippen LogP contribution is -2.17. The molecule has 2 rings (SSSR count). The lowest BCUT2D eigenvalue weighted by atomic mass is 10.0. The Balaban J connectivity index is 2.30. The number of hydrogen-bond donors (Lipinski definition) is 1. The van der Waals surface area contributed by atoms with Crippen LogP contribution in [0.15, 0.2) is 36.9 Å². The van der Waals surface area contributed by atoms with Gasteiger partial charge < -0.3 is 10.3 Å². The molecule has 1 atom stereocenters. The quantitative estimate of drug-likeness (QED) is 0.851. The van der Waals surface area contributed by atoms with Gasteiger partial charge in [0.15, 0.2) is 0 Å². The number of nitrogens with zero attached hydrogens (tertiary/aromatic N) is 2. The molecule has 1 aromatic carbocycles. The minimum Gasteiger partial charge on any atom is -0.328 e. The van der Waals surface area contributed by atoms with Crippen LogP contribution in [-0.2, 0) is 6.42 Å². The van der Waals surface area contributed by atoms with Crippen LogP contribution in [0.5, 0.6) is 0 Å². The monoisotopic (exact) mass is 215 g/mol. The molecular weight excluding hydrogens is 198 g/mol. The Morgan fingerprint density at radius 1 is 1.44 bits per heavy atom. The number of rotatable bonds is 3. The maximum absolute atomic E-state index is 5.79. The summed E-state index contributed by atoms with van der Waals surface area (Å²) in [5.41, 5.74) is 9.50. The zero-order valence-corrected chi connectivity index (χ0v) is 9.72. The molecule has 0 radical (unpaired) electrons. The van der Waals surface area contributed by atoms with Gasteiger partial charge in [0, 0.05) is 24.1 Å². The molecule has 3 heteroatoms. The Kier molecular flexibility index (Phi) is 3.06. The van der Waals surface area contributed by atoms with E-state index in [0.29, 0.717) is 0 Å². The van der Waals surface area contributed by atoms with Crippen LogP contribution in [0.3, 0.4) is 0 Å². The molecule has 0 bridgehead atoms. The second-order valence-electron chi connectivity index (χ2n) is 4.27. The molecule has 0 spiro atoms. The SMILES string of the molecule is Cc1cc(CC(C)N)ccc1-n1ccnc1. The van der Waals surface area contributed by atoms with Crippen molar-refractivity contribution >= 4 is 0 Å². The fourth-order valence-corrected chi connectivity index (χ4v) is 1.91. The number of aryl methyl sites for hydroxylation is 1. The summed E-state index contributed by atoms with van der Waals surface area (Å²) >= 11 is 0. The van der Waals surface area contributed by atoms with Crippen molar-refractivity contribution in [1.29, 1.82) is 0 Å². The van der Waals surface area contributed by atoms with Crippen molar-refractivity contribution in [2.45, 2.75) is 26.3 Å². The van der Waals surface area contributed by atoms with Crippen LogP contribution >= 0.6 is 0 Å². The first-order chi connectivity index (χ1) is 7.66.